The standard InChI is InChI=1S/C5H12BO/c1-2-3-4-5-6-7/h6H,2-5H2,1H3/q-1. The van der Waals surface area contributed by atoms with Crippen molar-refractivity contribution in [1.29, 1.82) is 0 Å². The van der Waals surface area contributed by atoms with Crippen molar-refractivity contribution in [3.05, 3.63) is 0 Å². The summed E-state index contributed by atoms with van der Waals surface area (Å²) in [6.45, 7) is 2.14. The van der Waals surface area contributed by atoms with Gasteiger partial charge in [0.15, 0.2) is 0 Å². The Bertz CT molecular complexity index is 45.3. The molecule has 0 spiro atoms. The first-order valence-corrected chi connectivity index (χ1v) is 3.00. The van der Waals surface area contributed by atoms with Crippen LogP contribution in [0.5, 0.6) is 0 Å². The van der Waals surface area contributed by atoms with Crippen molar-refractivity contribution < 1.29 is 4.70 Å². The highest BCUT2D eigenvalue weighted by atomic mass is 16.1. The van der Waals surface area contributed by atoms with Gasteiger partial charge in [-0.25, -0.2) is 0 Å². The lowest BCUT2D eigenvalue weighted by Gasteiger charge is -1.91. The van der Waals surface area contributed by atoms with Crippen LogP contribution in [0.2, 0.25) is 6.32 Å². The number of hydrogen-bond acceptors (Lipinski definition) is 1. The molecule has 0 aliphatic rings. The van der Waals surface area contributed by atoms with Crippen LogP contribution >= 0.6 is 0 Å². The summed E-state index contributed by atoms with van der Waals surface area (Å²) in [6, 6.07) is 0. The van der Waals surface area contributed by atoms with Gasteiger partial charge < -0.3 is 4.70 Å². The number of hydrogen-bond donors (Lipinski definition) is 0. The molecule has 0 aliphatic carbocycles. The molecule has 0 aromatic carbocycles. The Hall–Kier alpha value is -0.135. The number of rotatable bonds is 4. The molecule has 7 heavy (non-hydrogen) atoms. The molecule has 0 fully saturated rings. The van der Waals surface area contributed by atoms with E-state index >= 15 is 0 Å². The molecule has 0 bridgehead atoms. The average molecular weight is 99.0 g/mol. The van der Waals surface area contributed by atoms with E-state index in [0.29, 0.717) is 0 Å². The van der Waals surface area contributed by atoms with E-state index in [2.05, 4.69) is 6.92 Å². The van der Waals surface area contributed by atoms with E-state index in [1.54, 1.807) is 0 Å². The van der Waals surface area contributed by atoms with Crippen LogP contribution in [0.15, 0.2) is 0 Å². The van der Waals surface area contributed by atoms with Gasteiger partial charge in [0.1, 0.15) is 0 Å². The third-order valence-electron chi connectivity index (χ3n) is 0.998. The molecule has 0 saturated carbocycles. The van der Waals surface area contributed by atoms with Gasteiger partial charge in [-0.05, 0) is 0 Å². The van der Waals surface area contributed by atoms with Crippen LogP contribution in [0.25, 0.3) is 0 Å². The second-order valence-electron chi connectivity index (χ2n) is 1.76. The van der Waals surface area contributed by atoms with Crippen LogP contribution in [0.3, 0.4) is 0 Å². The molecule has 0 radical (unpaired) electrons. The van der Waals surface area contributed by atoms with Crippen LogP contribution < -0.4 is 0 Å². The maximum Gasteiger partial charge on any atom is 0.0601 e. The lowest BCUT2D eigenvalue weighted by molar-refractivity contribution is 0.572. The summed E-state index contributed by atoms with van der Waals surface area (Å²) in [5, 5.41) is 0. The average Bonchev–Trinajstić information content (AvgIpc) is 1.69. The Labute approximate surface area is 45.4 Å². The Morgan fingerprint density at radius 2 is 2.14 bits per heavy atom. The summed E-state index contributed by atoms with van der Waals surface area (Å²) < 4.78 is 9.80. The molecule has 2 heteroatoms. The van der Waals surface area contributed by atoms with Gasteiger partial charge in [0.2, 0.25) is 0 Å². The van der Waals surface area contributed by atoms with Crippen molar-refractivity contribution in [3.8, 4) is 0 Å². The predicted molar refractivity (Wildman–Crippen MR) is 32.2 cm³/mol. The van der Waals surface area contributed by atoms with Crippen molar-refractivity contribution in [2.24, 2.45) is 0 Å². The zero-order valence-electron chi connectivity index (χ0n) is 4.94. The van der Waals surface area contributed by atoms with Crippen molar-refractivity contribution >= 4 is 7.15 Å². The van der Waals surface area contributed by atoms with E-state index in [1.807, 2.05) is 0 Å². The molecular weight excluding hydrogens is 86.9 g/mol. The summed E-state index contributed by atoms with van der Waals surface area (Å²) in [5.41, 5.74) is 0. The molecule has 0 aromatic heterocycles. The highest BCUT2D eigenvalue weighted by molar-refractivity contribution is 6.16. The first-order chi connectivity index (χ1) is 3.41. The van der Waals surface area contributed by atoms with E-state index in [4.69, 9.17) is 0 Å². The van der Waals surface area contributed by atoms with Gasteiger partial charge in [-0.2, -0.15) is 6.32 Å². The molecule has 0 aromatic rings. The second kappa shape index (κ2) is 5.86. The van der Waals surface area contributed by atoms with E-state index in [0.717, 1.165) is 12.7 Å². The summed E-state index contributed by atoms with van der Waals surface area (Å²) in [5.74, 6) is 0. The molecule has 0 heterocycles. The molecule has 1 nitrogen and oxygen atoms in total. The topological polar surface area (TPSA) is 17.1 Å². The lowest BCUT2D eigenvalue weighted by Crippen LogP contribution is -1.74. The minimum Gasteiger partial charge on any atom is -0.641 e. The fourth-order valence-corrected chi connectivity index (χ4v) is 0.529. The molecule has 0 atom stereocenters. The van der Waals surface area contributed by atoms with Gasteiger partial charge >= 0.3 is 0 Å². The molecular formula is C5H12BO-. The first kappa shape index (κ1) is 6.86. The van der Waals surface area contributed by atoms with Crippen molar-refractivity contribution in [3.63, 3.8) is 0 Å². The van der Waals surface area contributed by atoms with Gasteiger partial charge in [0.25, 0.3) is 0 Å². The second-order valence-corrected chi connectivity index (χ2v) is 1.76. The van der Waals surface area contributed by atoms with Crippen LogP contribution in [-0.4, -0.2) is 7.15 Å². The Morgan fingerprint density at radius 3 is 2.57 bits per heavy atom. The van der Waals surface area contributed by atoms with Gasteiger partial charge in [-0.15, -0.1) is 0 Å². The third-order valence-corrected chi connectivity index (χ3v) is 0.998. The maximum absolute atomic E-state index is 9.80. The predicted octanol–water partition coefficient (Wildman–Crippen LogP) is 1.38. The minimum atomic E-state index is 0.111. The SMILES string of the molecule is CCCCC[BH-]=O. The smallest absolute Gasteiger partial charge is 0.0601 e. The van der Waals surface area contributed by atoms with Gasteiger partial charge in [0, 0.05) is 0 Å². The molecule has 42 valence electrons. The van der Waals surface area contributed by atoms with Gasteiger partial charge in [0.05, 0.1) is 7.15 Å². The molecule has 0 unspecified atom stereocenters. The monoisotopic (exact) mass is 99.1 g/mol. The highest BCUT2D eigenvalue weighted by Crippen LogP contribution is 1.95. The third kappa shape index (κ3) is 5.86. The Morgan fingerprint density at radius 1 is 1.43 bits per heavy atom. The summed E-state index contributed by atoms with van der Waals surface area (Å²) in [6.07, 6.45) is 4.44. The summed E-state index contributed by atoms with van der Waals surface area (Å²) >= 11 is 0. The lowest BCUT2D eigenvalue weighted by atomic mass is 9.96. The van der Waals surface area contributed by atoms with Crippen molar-refractivity contribution in [2.45, 2.75) is 32.5 Å². The van der Waals surface area contributed by atoms with Crippen LogP contribution in [0, 0.1) is 0 Å². The first-order valence-electron chi connectivity index (χ1n) is 3.00. The highest BCUT2D eigenvalue weighted by Gasteiger charge is 1.74. The molecule has 0 saturated heterocycles. The Kier molecular flexibility index (Phi) is 5.75. The Balaban J connectivity index is 2.56. The molecule has 0 rings (SSSR count). The van der Waals surface area contributed by atoms with E-state index in [1.165, 1.54) is 12.8 Å². The van der Waals surface area contributed by atoms with Crippen LogP contribution in [0.4, 0.5) is 0 Å². The molecule has 0 amide bonds. The van der Waals surface area contributed by atoms with E-state index in [9.17, 15) is 4.70 Å². The quantitative estimate of drug-likeness (QED) is 0.384. The number of unbranched alkanes of at least 4 members (excludes halogenated alkanes) is 2. The van der Waals surface area contributed by atoms with Crippen molar-refractivity contribution in [1.82, 2.24) is 0 Å². The fraction of sp³-hybridized carbons (Fsp3) is 1.00. The summed E-state index contributed by atoms with van der Waals surface area (Å²) in [7, 11) is 0.111. The largest absolute Gasteiger partial charge is 0.641 e. The molecule has 0 aliphatic heterocycles. The van der Waals surface area contributed by atoms with Crippen LogP contribution in [0.1, 0.15) is 26.2 Å². The maximum atomic E-state index is 9.80. The fourth-order valence-electron chi connectivity index (χ4n) is 0.529. The van der Waals surface area contributed by atoms with Crippen molar-refractivity contribution in [2.75, 3.05) is 0 Å². The summed E-state index contributed by atoms with van der Waals surface area (Å²) in [4.78, 5) is 0. The molecule has 0 N–H and O–H groups in total. The van der Waals surface area contributed by atoms with E-state index in [-0.39, 0.29) is 7.15 Å². The normalized spacial score (nSPS) is 8.71. The zero-order chi connectivity index (χ0) is 5.54. The van der Waals surface area contributed by atoms with Crippen LogP contribution in [-0.2, 0) is 4.70 Å². The van der Waals surface area contributed by atoms with E-state index < -0.39 is 0 Å². The minimum absolute atomic E-state index is 0.111. The zero-order valence-corrected chi connectivity index (χ0v) is 4.94. The van der Waals surface area contributed by atoms with Gasteiger partial charge in [-0.3, -0.25) is 0 Å². The van der Waals surface area contributed by atoms with Gasteiger partial charge in [-0.1, -0.05) is 26.2 Å².